The summed E-state index contributed by atoms with van der Waals surface area (Å²) in [6, 6.07) is 14.7. The highest BCUT2D eigenvalue weighted by Gasteiger charge is 2.19. The maximum Gasteiger partial charge on any atom is 0.261 e. The Labute approximate surface area is 175 Å². The highest BCUT2D eigenvalue weighted by atomic mass is 35.5. The van der Waals surface area contributed by atoms with Gasteiger partial charge in [-0.1, -0.05) is 29.8 Å². The highest BCUT2D eigenvalue weighted by Crippen LogP contribution is 2.23. The lowest BCUT2D eigenvalue weighted by Gasteiger charge is -2.12. The number of nitrogens with zero attached hydrogens (tertiary/aromatic N) is 1. The lowest BCUT2D eigenvalue weighted by molar-refractivity contribution is 0.0950. The van der Waals surface area contributed by atoms with E-state index in [2.05, 4.69) is 15.0 Å². The molecular formula is C21H20ClN3O3S. The van der Waals surface area contributed by atoms with Crippen LogP contribution in [0.4, 0.5) is 5.69 Å². The van der Waals surface area contributed by atoms with Crippen molar-refractivity contribution in [3.63, 3.8) is 0 Å². The summed E-state index contributed by atoms with van der Waals surface area (Å²) in [5.74, 6) is -0.479. The van der Waals surface area contributed by atoms with Gasteiger partial charge in [0.1, 0.15) is 0 Å². The number of pyridine rings is 1. The monoisotopic (exact) mass is 429 g/mol. The summed E-state index contributed by atoms with van der Waals surface area (Å²) in [5, 5.41) is 2.89. The van der Waals surface area contributed by atoms with Gasteiger partial charge in [-0.15, -0.1) is 0 Å². The van der Waals surface area contributed by atoms with E-state index in [0.717, 1.165) is 16.8 Å². The maximum absolute atomic E-state index is 12.7. The zero-order valence-electron chi connectivity index (χ0n) is 15.9. The number of carbonyl (C=O) groups is 1. The largest absolute Gasteiger partial charge is 0.346 e. The second kappa shape index (κ2) is 8.63. The fraction of sp³-hybridized carbons (Fsp3) is 0.143. The van der Waals surface area contributed by atoms with E-state index in [1.807, 2.05) is 32.0 Å². The van der Waals surface area contributed by atoms with Gasteiger partial charge in [0.25, 0.3) is 15.9 Å². The molecule has 150 valence electrons. The van der Waals surface area contributed by atoms with E-state index < -0.39 is 15.9 Å². The number of nitrogens with one attached hydrogen (secondary N) is 2. The Morgan fingerprint density at radius 2 is 1.86 bits per heavy atom. The number of halogens is 1. The van der Waals surface area contributed by atoms with Gasteiger partial charge in [0.05, 0.1) is 27.7 Å². The van der Waals surface area contributed by atoms with Gasteiger partial charge in [0, 0.05) is 11.9 Å². The Morgan fingerprint density at radius 3 is 2.59 bits per heavy atom. The van der Waals surface area contributed by atoms with Crippen LogP contribution in [-0.4, -0.2) is 19.3 Å². The van der Waals surface area contributed by atoms with Crippen molar-refractivity contribution in [1.29, 1.82) is 0 Å². The van der Waals surface area contributed by atoms with Gasteiger partial charge in [-0.2, -0.15) is 0 Å². The van der Waals surface area contributed by atoms with Crippen molar-refractivity contribution in [2.24, 2.45) is 0 Å². The van der Waals surface area contributed by atoms with Crippen molar-refractivity contribution in [2.45, 2.75) is 25.3 Å². The minimum atomic E-state index is -3.88. The van der Waals surface area contributed by atoms with Crippen molar-refractivity contribution in [1.82, 2.24) is 10.3 Å². The summed E-state index contributed by atoms with van der Waals surface area (Å²) in [6.45, 7) is 3.97. The molecule has 0 saturated heterocycles. The molecule has 0 aliphatic carbocycles. The highest BCUT2D eigenvalue weighted by molar-refractivity contribution is 7.92. The normalized spacial score (nSPS) is 11.1. The second-order valence-corrected chi connectivity index (χ2v) is 8.66. The summed E-state index contributed by atoms with van der Waals surface area (Å²) < 4.78 is 28.0. The molecule has 1 aromatic heterocycles. The number of benzene rings is 2. The SMILES string of the molecule is Cc1cccc(NS(=O)(=O)c2ccc(Cl)c(C(=O)NCc3ncccc3C)c2)c1. The molecule has 1 amide bonds. The third kappa shape index (κ3) is 5.13. The Hall–Kier alpha value is -2.90. The number of sulfonamides is 1. The first-order valence-electron chi connectivity index (χ1n) is 8.84. The third-order valence-corrected chi connectivity index (χ3v) is 6.01. The summed E-state index contributed by atoms with van der Waals surface area (Å²) >= 11 is 6.14. The van der Waals surface area contributed by atoms with Crippen LogP contribution < -0.4 is 10.0 Å². The molecule has 29 heavy (non-hydrogen) atoms. The molecule has 0 spiro atoms. The number of amides is 1. The van der Waals surface area contributed by atoms with Crippen LogP contribution in [0.25, 0.3) is 0 Å². The van der Waals surface area contributed by atoms with E-state index in [9.17, 15) is 13.2 Å². The van der Waals surface area contributed by atoms with Crippen molar-refractivity contribution in [3.05, 3.63) is 88.2 Å². The van der Waals surface area contributed by atoms with E-state index >= 15 is 0 Å². The fourth-order valence-corrected chi connectivity index (χ4v) is 4.01. The molecule has 0 atom stereocenters. The van der Waals surface area contributed by atoms with Crippen molar-refractivity contribution >= 4 is 33.2 Å². The van der Waals surface area contributed by atoms with Crippen molar-refractivity contribution in [3.8, 4) is 0 Å². The van der Waals surface area contributed by atoms with Crippen LogP contribution in [0.2, 0.25) is 5.02 Å². The zero-order valence-corrected chi connectivity index (χ0v) is 17.5. The Morgan fingerprint density at radius 1 is 1.07 bits per heavy atom. The topological polar surface area (TPSA) is 88.2 Å². The minimum Gasteiger partial charge on any atom is -0.346 e. The molecule has 0 radical (unpaired) electrons. The van der Waals surface area contributed by atoms with Gasteiger partial charge >= 0.3 is 0 Å². The number of aromatic nitrogens is 1. The van der Waals surface area contributed by atoms with Crippen LogP contribution in [0.5, 0.6) is 0 Å². The smallest absolute Gasteiger partial charge is 0.261 e. The Kier molecular flexibility index (Phi) is 6.20. The second-order valence-electron chi connectivity index (χ2n) is 6.57. The number of anilines is 1. The first kappa shape index (κ1) is 20.8. The average molecular weight is 430 g/mol. The molecule has 2 aromatic carbocycles. The zero-order chi connectivity index (χ0) is 21.0. The quantitative estimate of drug-likeness (QED) is 0.617. The van der Waals surface area contributed by atoms with Gasteiger partial charge in [0.15, 0.2) is 0 Å². The number of rotatable bonds is 6. The van der Waals surface area contributed by atoms with Crippen LogP contribution in [0.3, 0.4) is 0 Å². The van der Waals surface area contributed by atoms with Crippen LogP contribution in [-0.2, 0) is 16.6 Å². The van der Waals surface area contributed by atoms with Gasteiger partial charge in [-0.25, -0.2) is 8.42 Å². The van der Waals surface area contributed by atoms with E-state index in [4.69, 9.17) is 11.6 Å². The summed E-state index contributed by atoms with van der Waals surface area (Å²) in [7, 11) is -3.88. The molecule has 0 aliphatic rings. The number of hydrogen-bond donors (Lipinski definition) is 2. The molecule has 3 aromatic rings. The van der Waals surface area contributed by atoms with Gasteiger partial charge in [-0.3, -0.25) is 14.5 Å². The van der Waals surface area contributed by atoms with E-state index in [-0.39, 0.29) is 22.0 Å². The maximum atomic E-state index is 12.7. The molecule has 0 aliphatic heterocycles. The van der Waals surface area contributed by atoms with E-state index in [1.165, 1.54) is 18.2 Å². The minimum absolute atomic E-state index is 0.0532. The van der Waals surface area contributed by atoms with Crippen LogP contribution in [0.1, 0.15) is 27.2 Å². The van der Waals surface area contributed by atoms with Crippen molar-refractivity contribution in [2.75, 3.05) is 4.72 Å². The summed E-state index contributed by atoms with van der Waals surface area (Å²) in [6.07, 6.45) is 1.64. The molecule has 0 bridgehead atoms. The van der Waals surface area contributed by atoms with Crippen molar-refractivity contribution < 1.29 is 13.2 Å². The average Bonchev–Trinajstić information content (AvgIpc) is 2.67. The molecule has 0 saturated carbocycles. The predicted octanol–water partition coefficient (Wildman–Crippen LogP) is 4.08. The van der Waals surface area contributed by atoms with Crippen LogP contribution in [0.15, 0.2) is 65.7 Å². The molecule has 3 rings (SSSR count). The van der Waals surface area contributed by atoms with Gasteiger partial charge in [-0.05, 0) is 61.4 Å². The first-order valence-corrected chi connectivity index (χ1v) is 10.7. The fourth-order valence-electron chi connectivity index (χ4n) is 2.73. The van der Waals surface area contributed by atoms with Crippen LogP contribution in [0, 0.1) is 13.8 Å². The molecule has 8 heteroatoms. The summed E-state index contributed by atoms with van der Waals surface area (Å²) in [4.78, 5) is 16.8. The number of aryl methyl sites for hydroxylation is 2. The van der Waals surface area contributed by atoms with E-state index in [0.29, 0.717) is 5.69 Å². The van der Waals surface area contributed by atoms with Crippen LogP contribution >= 0.6 is 11.6 Å². The molecule has 2 N–H and O–H groups in total. The lowest BCUT2D eigenvalue weighted by Crippen LogP contribution is -2.24. The lowest BCUT2D eigenvalue weighted by atomic mass is 10.2. The standard InChI is InChI=1S/C21H20ClN3O3S/c1-14-5-3-7-16(11-14)25-29(27,28)17-8-9-19(22)18(12-17)21(26)24-13-20-15(2)6-4-10-23-20/h3-12,25H,13H2,1-2H3,(H,24,26). The molecular weight excluding hydrogens is 410 g/mol. The summed E-state index contributed by atoms with van der Waals surface area (Å²) in [5.41, 5.74) is 3.11. The molecule has 6 nitrogen and oxygen atoms in total. The van der Waals surface area contributed by atoms with Gasteiger partial charge < -0.3 is 5.32 Å². The van der Waals surface area contributed by atoms with Gasteiger partial charge in [0.2, 0.25) is 0 Å². The number of hydrogen-bond acceptors (Lipinski definition) is 4. The first-order chi connectivity index (χ1) is 13.8. The molecule has 0 fully saturated rings. The Bertz CT molecular complexity index is 1160. The third-order valence-electron chi connectivity index (χ3n) is 4.30. The predicted molar refractivity (Wildman–Crippen MR) is 114 cm³/mol. The van der Waals surface area contributed by atoms with E-state index in [1.54, 1.807) is 24.4 Å². The molecule has 1 heterocycles. The molecule has 0 unspecified atom stereocenters. The number of carbonyl (C=O) groups excluding carboxylic acids is 1. The Balaban J connectivity index is 1.81.